The van der Waals surface area contributed by atoms with Gasteiger partial charge < -0.3 is 0 Å². The van der Waals surface area contributed by atoms with E-state index in [2.05, 4.69) is 25.1 Å². The molecule has 1 fully saturated rings. The fourth-order valence-corrected chi connectivity index (χ4v) is 8.55. The van der Waals surface area contributed by atoms with E-state index >= 15 is 0 Å². The molecule has 0 spiro atoms. The number of benzene rings is 3. The summed E-state index contributed by atoms with van der Waals surface area (Å²) in [6.45, 7) is 2.28. The molecule has 4 rings (SSSR count). The normalized spacial score (nSPS) is 18.8. The van der Waals surface area contributed by atoms with E-state index in [-0.39, 0.29) is 11.6 Å². The molecule has 1 heterocycles. The van der Waals surface area contributed by atoms with E-state index in [1.807, 2.05) is 12.1 Å². The highest BCUT2D eigenvalue weighted by atomic mass is 28.3. The van der Waals surface area contributed by atoms with Gasteiger partial charge in [-0.25, -0.2) is 8.78 Å². The lowest BCUT2D eigenvalue weighted by Gasteiger charge is -2.28. The van der Waals surface area contributed by atoms with Gasteiger partial charge in [0.05, 0.1) is 0 Å². The van der Waals surface area contributed by atoms with Crippen LogP contribution < -0.4 is 0 Å². The molecule has 3 aromatic carbocycles. The Morgan fingerprint density at radius 1 is 0.806 bits per heavy atom. The Hall–Kier alpha value is -2.26. The Bertz CT molecular complexity index is 988. The highest BCUT2D eigenvalue weighted by Crippen LogP contribution is 2.40. The van der Waals surface area contributed by atoms with E-state index in [4.69, 9.17) is 0 Å². The van der Waals surface area contributed by atoms with Crippen LogP contribution in [-0.4, -0.2) is 8.80 Å². The van der Waals surface area contributed by atoms with E-state index in [1.54, 1.807) is 18.2 Å². The van der Waals surface area contributed by atoms with Crippen molar-refractivity contribution in [3.05, 3.63) is 83.9 Å². The van der Waals surface area contributed by atoms with Crippen LogP contribution in [-0.2, 0) is 0 Å². The second kappa shape index (κ2) is 10.4. The summed E-state index contributed by atoms with van der Waals surface area (Å²) in [7, 11) is -0.554. The molecule has 3 aromatic rings. The minimum absolute atomic E-state index is 0.225. The van der Waals surface area contributed by atoms with Gasteiger partial charge >= 0.3 is 0 Å². The van der Waals surface area contributed by atoms with Gasteiger partial charge in [0, 0.05) is 14.4 Å². The summed E-state index contributed by atoms with van der Waals surface area (Å²) in [6, 6.07) is 24.4. The summed E-state index contributed by atoms with van der Waals surface area (Å²) in [5, 5.41) is 0. The largest absolute Gasteiger partial charge is 0.207 e. The lowest BCUT2D eigenvalue weighted by molar-refractivity contribution is 0.603. The molecule has 0 nitrogen and oxygen atoms in total. The summed E-state index contributed by atoms with van der Waals surface area (Å²) in [6.07, 6.45) is 6.68. The Labute approximate surface area is 186 Å². The van der Waals surface area contributed by atoms with E-state index in [0.717, 1.165) is 16.7 Å². The summed E-state index contributed by atoms with van der Waals surface area (Å²) >= 11 is 0. The van der Waals surface area contributed by atoms with Crippen molar-refractivity contribution in [1.29, 1.82) is 0 Å². The van der Waals surface area contributed by atoms with Gasteiger partial charge in [0.1, 0.15) is 11.6 Å². The van der Waals surface area contributed by atoms with Crippen molar-refractivity contribution in [2.75, 3.05) is 0 Å². The number of unbranched alkanes of at least 4 members (excludes halogenated alkanes) is 2. The molecule has 0 atom stereocenters. The maximum atomic E-state index is 14.6. The standard InChI is InChI=1S/C28H32F2Si/c1-2-3-6-17-31-18-15-21(16-19-31)23-11-14-25(26-7-4-5-8-28(26)30)27(20-23)22-9-12-24(29)13-10-22/h4-5,7-14,20-21,31H,2-3,6,15-19H2,1H3. The first kappa shape index (κ1) is 21.9. The van der Waals surface area contributed by atoms with Gasteiger partial charge in [-0.3, -0.25) is 0 Å². The molecule has 0 saturated carbocycles. The molecule has 0 N–H and O–H groups in total. The Balaban J connectivity index is 1.62. The topological polar surface area (TPSA) is 0 Å². The molecule has 0 aliphatic carbocycles. The molecule has 0 unspecified atom stereocenters. The van der Waals surface area contributed by atoms with Gasteiger partial charge in [0.2, 0.25) is 0 Å². The number of halogens is 2. The van der Waals surface area contributed by atoms with Crippen LogP contribution in [0.25, 0.3) is 22.3 Å². The van der Waals surface area contributed by atoms with Crippen LogP contribution in [0.15, 0.2) is 66.7 Å². The molecular weight excluding hydrogens is 402 g/mol. The second-order valence-corrected chi connectivity index (χ2v) is 12.5. The van der Waals surface area contributed by atoms with E-state index in [0.29, 0.717) is 11.5 Å². The zero-order valence-corrected chi connectivity index (χ0v) is 19.6. The lowest BCUT2D eigenvalue weighted by Crippen LogP contribution is -2.20. The highest BCUT2D eigenvalue weighted by Gasteiger charge is 2.24. The fourth-order valence-electron chi connectivity index (χ4n) is 5.07. The smallest absolute Gasteiger partial charge is 0.131 e. The molecule has 162 valence electrons. The van der Waals surface area contributed by atoms with Crippen LogP contribution in [0.4, 0.5) is 8.78 Å². The van der Waals surface area contributed by atoms with E-state index < -0.39 is 8.80 Å². The van der Waals surface area contributed by atoms with Crippen LogP contribution in [0.5, 0.6) is 0 Å². The van der Waals surface area contributed by atoms with Gasteiger partial charge in [-0.05, 0) is 59.2 Å². The van der Waals surface area contributed by atoms with Crippen molar-refractivity contribution in [3.63, 3.8) is 0 Å². The number of hydrogen-bond acceptors (Lipinski definition) is 0. The highest BCUT2D eigenvalue weighted by molar-refractivity contribution is 6.59. The lowest BCUT2D eigenvalue weighted by atomic mass is 9.87. The summed E-state index contributed by atoms with van der Waals surface area (Å²) < 4.78 is 28.2. The Morgan fingerprint density at radius 3 is 2.26 bits per heavy atom. The molecule has 1 aliphatic heterocycles. The number of hydrogen-bond donors (Lipinski definition) is 0. The van der Waals surface area contributed by atoms with Crippen LogP contribution in [0, 0.1) is 11.6 Å². The zero-order chi connectivity index (χ0) is 21.6. The minimum atomic E-state index is -0.554. The van der Waals surface area contributed by atoms with Crippen molar-refractivity contribution in [2.45, 2.75) is 63.1 Å². The molecule has 1 aliphatic rings. The Kier molecular flexibility index (Phi) is 7.34. The van der Waals surface area contributed by atoms with Gasteiger partial charge in [-0.2, -0.15) is 0 Å². The van der Waals surface area contributed by atoms with Crippen LogP contribution in [0.3, 0.4) is 0 Å². The summed E-state index contributed by atoms with van der Waals surface area (Å²) in [4.78, 5) is 0. The average molecular weight is 435 g/mol. The first-order valence-corrected chi connectivity index (χ1v) is 14.3. The minimum Gasteiger partial charge on any atom is -0.207 e. The van der Waals surface area contributed by atoms with Gasteiger partial charge in [-0.15, -0.1) is 0 Å². The summed E-state index contributed by atoms with van der Waals surface area (Å²) in [5.74, 6) is 0.111. The van der Waals surface area contributed by atoms with Gasteiger partial charge in [0.15, 0.2) is 0 Å². The van der Waals surface area contributed by atoms with Crippen molar-refractivity contribution in [2.24, 2.45) is 0 Å². The van der Waals surface area contributed by atoms with Gasteiger partial charge in [-0.1, -0.05) is 92.8 Å². The molecular formula is C28H32F2Si. The molecule has 0 amide bonds. The first-order valence-electron chi connectivity index (χ1n) is 11.8. The monoisotopic (exact) mass is 434 g/mol. The van der Waals surface area contributed by atoms with Crippen molar-refractivity contribution in [3.8, 4) is 22.3 Å². The third-order valence-electron chi connectivity index (χ3n) is 6.90. The fraction of sp³-hybridized carbons (Fsp3) is 0.357. The third kappa shape index (κ3) is 5.33. The third-order valence-corrected chi connectivity index (χ3v) is 10.4. The van der Waals surface area contributed by atoms with E-state index in [9.17, 15) is 8.78 Å². The van der Waals surface area contributed by atoms with Gasteiger partial charge in [0.25, 0.3) is 0 Å². The molecule has 3 heteroatoms. The van der Waals surface area contributed by atoms with Crippen LogP contribution in [0.2, 0.25) is 18.1 Å². The zero-order valence-electron chi connectivity index (χ0n) is 18.4. The summed E-state index contributed by atoms with van der Waals surface area (Å²) in [5.41, 5.74) is 4.74. The molecule has 0 radical (unpaired) electrons. The van der Waals surface area contributed by atoms with Crippen molar-refractivity contribution >= 4 is 8.80 Å². The quantitative estimate of drug-likeness (QED) is 0.258. The maximum Gasteiger partial charge on any atom is 0.131 e. The van der Waals surface area contributed by atoms with E-state index in [1.165, 1.54) is 74.0 Å². The predicted molar refractivity (Wildman–Crippen MR) is 130 cm³/mol. The van der Waals surface area contributed by atoms with Crippen molar-refractivity contribution in [1.82, 2.24) is 0 Å². The van der Waals surface area contributed by atoms with Crippen LogP contribution in [0.1, 0.15) is 50.5 Å². The molecule has 0 bridgehead atoms. The Morgan fingerprint density at radius 2 is 1.55 bits per heavy atom. The van der Waals surface area contributed by atoms with Crippen LogP contribution >= 0.6 is 0 Å². The SMILES string of the molecule is CCCCC[SiH]1CCC(c2ccc(-c3ccccc3F)c(-c3ccc(F)cc3)c2)CC1. The number of rotatable bonds is 7. The first-order chi connectivity index (χ1) is 15.2. The molecule has 31 heavy (non-hydrogen) atoms. The molecule has 0 aromatic heterocycles. The predicted octanol–water partition coefficient (Wildman–Crippen LogP) is 8.59. The average Bonchev–Trinajstić information content (AvgIpc) is 2.80. The maximum absolute atomic E-state index is 14.6. The van der Waals surface area contributed by atoms with Crippen molar-refractivity contribution < 1.29 is 8.78 Å². The second-order valence-electron chi connectivity index (χ2n) is 9.01. The molecule has 1 saturated heterocycles.